The fourth-order valence-electron chi connectivity index (χ4n) is 2.06. The van der Waals surface area contributed by atoms with E-state index in [2.05, 4.69) is 9.82 Å². The van der Waals surface area contributed by atoms with Crippen LogP contribution in [-0.2, 0) is 26.9 Å². The molecule has 1 aromatic rings. The Kier molecular flexibility index (Phi) is 3.58. The summed E-state index contributed by atoms with van der Waals surface area (Å²) in [6.45, 7) is -0.126. The molecule has 0 amide bonds. The van der Waals surface area contributed by atoms with Gasteiger partial charge in [0, 0.05) is 19.8 Å². The van der Waals surface area contributed by atoms with Gasteiger partial charge in [0.2, 0.25) is 10.0 Å². The number of sulfonamides is 1. The fraction of sp³-hybridized carbons (Fsp3) is 0.667. The van der Waals surface area contributed by atoms with Crippen LogP contribution in [0.2, 0.25) is 0 Å². The highest BCUT2D eigenvalue weighted by Crippen LogP contribution is 2.20. The van der Waals surface area contributed by atoms with Gasteiger partial charge < -0.3 is 5.73 Å². The molecule has 0 bridgehead atoms. The van der Waals surface area contributed by atoms with E-state index in [-0.39, 0.29) is 23.0 Å². The van der Waals surface area contributed by atoms with Crippen LogP contribution in [0, 0.1) is 0 Å². The largest absolute Gasteiger partial charge is 0.381 e. The average Bonchev–Trinajstić information content (AvgIpc) is 2.78. The summed E-state index contributed by atoms with van der Waals surface area (Å²) in [5.41, 5.74) is 5.50. The Labute approximate surface area is 111 Å². The van der Waals surface area contributed by atoms with Gasteiger partial charge in [-0.2, -0.15) is 5.10 Å². The monoisotopic (exact) mass is 308 g/mol. The standard InChI is InChI=1S/C9H16N4O4S2/c1-13-6-8(9(10)12-13)19(16,17)11-5-7-3-2-4-18(7,14)15/h6-7,11H,2-5H2,1H3,(H2,10,12). The zero-order chi connectivity index (χ0) is 14.3. The van der Waals surface area contributed by atoms with Gasteiger partial charge in [-0.05, 0) is 12.8 Å². The molecule has 1 atom stereocenters. The first-order valence-corrected chi connectivity index (χ1v) is 8.92. The summed E-state index contributed by atoms with van der Waals surface area (Å²) in [6.07, 6.45) is 2.33. The van der Waals surface area contributed by atoms with E-state index in [1.165, 1.54) is 10.9 Å². The Morgan fingerprint density at radius 1 is 1.58 bits per heavy atom. The number of nitrogen functional groups attached to an aromatic ring is 1. The number of anilines is 1. The molecule has 0 spiro atoms. The molecule has 1 aliphatic heterocycles. The highest BCUT2D eigenvalue weighted by Gasteiger charge is 2.32. The molecular weight excluding hydrogens is 292 g/mol. The third kappa shape index (κ3) is 2.90. The van der Waals surface area contributed by atoms with Gasteiger partial charge in [0.15, 0.2) is 15.7 Å². The molecule has 2 rings (SSSR count). The number of nitrogens with one attached hydrogen (secondary N) is 1. The van der Waals surface area contributed by atoms with Gasteiger partial charge in [-0.15, -0.1) is 0 Å². The minimum Gasteiger partial charge on any atom is -0.381 e. The summed E-state index contributed by atoms with van der Waals surface area (Å²) >= 11 is 0. The molecule has 1 aliphatic rings. The van der Waals surface area contributed by atoms with Crippen LogP contribution in [0.3, 0.4) is 0 Å². The molecule has 19 heavy (non-hydrogen) atoms. The zero-order valence-corrected chi connectivity index (χ0v) is 12.0. The van der Waals surface area contributed by atoms with Gasteiger partial charge in [-0.25, -0.2) is 21.6 Å². The van der Waals surface area contributed by atoms with Crippen LogP contribution < -0.4 is 10.5 Å². The summed E-state index contributed by atoms with van der Waals surface area (Å²) in [5.74, 6) is 0.0123. The number of nitrogens with two attached hydrogens (primary N) is 1. The number of hydrogen-bond donors (Lipinski definition) is 2. The van der Waals surface area contributed by atoms with Crippen molar-refractivity contribution in [2.24, 2.45) is 7.05 Å². The van der Waals surface area contributed by atoms with Crippen LogP contribution in [0.15, 0.2) is 11.1 Å². The van der Waals surface area contributed by atoms with Crippen LogP contribution >= 0.6 is 0 Å². The van der Waals surface area contributed by atoms with E-state index in [9.17, 15) is 16.8 Å². The lowest BCUT2D eigenvalue weighted by molar-refractivity contribution is 0.571. The first kappa shape index (κ1) is 14.3. The van der Waals surface area contributed by atoms with Crippen LogP contribution in [0.1, 0.15) is 12.8 Å². The number of nitrogens with zero attached hydrogens (tertiary/aromatic N) is 2. The fourth-order valence-corrected chi connectivity index (χ4v) is 5.11. The summed E-state index contributed by atoms with van der Waals surface area (Å²) < 4.78 is 50.8. The maximum Gasteiger partial charge on any atom is 0.245 e. The second kappa shape index (κ2) is 4.76. The van der Waals surface area contributed by atoms with E-state index in [0.717, 1.165) is 0 Å². The Morgan fingerprint density at radius 2 is 2.26 bits per heavy atom. The van der Waals surface area contributed by atoms with Crippen molar-refractivity contribution in [1.29, 1.82) is 0 Å². The van der Waals surface area contributed by atoms with Gasteiger partial charge >= 0.3 is 0 Å². The molecule has 0 aliphatic carbocycles. The molecule has 2 heterocycles. The van der Waals surface area contributed by atoms with Crippen LogP contribution in [-0.4, -0.2) is 44.2 Å². The molecule has 10 heteroatoms. The maximum atomic E-state index is 12.0. The van der Waals surface area contributed by atoms with E-state index in [0.29, 0.717) is 12.8 Å². The van der Waals surface area contributed by atoms with E-state index in [1.54, 1.807) is 7.05 Å². The molecule has 0 aromatic carbocycles. The van der Waals surface area contributed by atoms with Crippen molar-refractivity contribution in [3.63, 3.8) is 0 Å². The predicted molar refractivity (Wildman–Crippen MR) is 69.6 cm³/mol. The number of hydrogen-bond acceptors (Lipinski definition) is 6. The molecule has 1 saturated heterocycles. The zero-order valence-electron chi connectivity index (χ0n) is 10.4. The lowest BCUT2D eigenvalue weighted by Gasteiger charge is -2.10. The van der Waals surface area contributed by atoms with Crippen molar-refractivity contribution < 1.29 is 16.8 Å². The lowest BCUT2D eigenvalue weighted by atomic mass is 10.2. The maximum absolute atomic E-state index is 12.0. The van der Waals surface area contributed by atoms with E-state index >= 15 is 0 Å². The van der Waals surface area contributed by atoms with Gasteiger partial charge in [0.25, 0.3) is 0 Å². The topological polar surface area (TPSA) is 124 Å². The molecule has 0 radical (unpaired) electrons. The summed E-state index contributed by atoms with van der Waals surface area (Å²) in [5, 5.41) is 3.09. The molecule has 3 N–H and O–H groups in total. The highest BCUT2D eigenvalue weighted by molar-refractivity contribution is 7.92. The molecular formula is C9H16N4O4S2. The van der Waals surface area contributed by atoms with E-state index in [4.69, 9.17) is 5.73 Å². The van der Waals surface area contributed by atoms with Gasteiger partial charge in [-0.3, -0.25) is 4.68 Å². The Morgan fingerprint density at radius 3 is 2.74 bits per heavy atom. The Bertz CT molecular complexity index is 677. The minimum absolute atomic E-state index is 0.107. The highest BCUT2D eigenvalue weighted by atomic mass is 32.2. The first-order valence-electron chi connectivity index (χ1n) is 5.73. The SMILES string of the molecule is Cn1cc(S(=O)(=O)NCC2CCCS2(=O)=O)c(N)n1. The van der Waals surface area contributed by atoms with Crippen molar-refractivity contribution >= 4 is 25.7 Å². The van der Waals surface area contributed by atoms with Crippen molar-refractivity contribution in [3.8, 4) is 0 Å². The number of sulfone groups is 1. The van der Waals surface area contributed by atoms with Crippen molar-refractivity contribution in [2.45, 2.75) is 23.0 Å². The van der Waals surface area contributed by atoms with Gasteiger partial charge in [0.05, 0.1) is 11.0 Å². The second-order valence-corrected chi connectivity index (χ2v) is 8.67. The molecule has 8 nitrogen and oxygen atoms in total. The van der Waals surface area contributed by atoms with Crippen molar-refractivity contribution in [2.75, 3.05) is 18.0 Å². The Hall–Kier alpha value is -1.13. The summed E-state index contributed by atoms with van der Waals surface area (Å²) in [4.78, 5) is -0.134. The summed E-state index contributed by atoms with van der Waals surface area (Å²) in [7, 11) is -5.45. The quantitative estimate of drug-likeness (QED) is 0.724. The molecule has 1 fully saturated rings. The average molecular weight is 308 g/mol. The van der Waals surface area contributed by atoms with E-state index < -0.39 is 25.1 Å². The van der Waals surface area contributed by atoms with E-state index in [1.807, 2.05) is 0 Å². The second-order valence-electron chi connectivity index (χ2n) is 4.54. The van der Waals surface area contributed by atoms with Gasteiger partial charge in [-0.1, -0.05) is 0 Å². The number of aryl methyl sites for hydroxylation is 1. The predicted octanol–water partition coefficient (Wildman–Crippen LogP) is -1.14. The molecule has 0 saturated carbocycles. The third-order valence-corrected chi connectivity index (χ3v) is 6.79. The molecule has 1 unspecified atom stereocenters. The number of rotatable bonds is 4. The van der Waals surface area contributed by atoms with Crippen LogP contribution in [0.25, 0.3) is 0 Å². The molecule has 108 valence electrons. The van der Waals surface area contributed by atoms with Gasteiger partial charge in [0.1, 0.15) is 4.90 Å². The molecule has 1 aromatic heterocycles. The Balaban J connectivity index is 2.13. The van der Waals surface area contributed by atoms with Crippen molar-refractivity contribution in [1.82, 2.24) is 14.5 Å². The third-order valence-electron chi connectivity index (χ3n) is 3.08. The lowest BCUT2D eigenvalue weighted by Crippen LogP contribution is -2.34. The minimum atomic E-state index is -3.83. The van der Waals surface area contributed by atoms with Crippen LogP contribution in [0.5, 0.6) is 0 Å². The number of aromatic nitrogens is 2. The normalized spacial score (nSPS) is 22.7. The summed E-state index contributed by atoms with van der Waals surface area (Å²) in [6, 6.07) is 0. The van der Waals surface area contributed by atoms with Crippen LogP contribution in [0.4, 0.5) is 5.82 Å². The van der Waals surface area contributed by atoms with Crippen molar-refractivity contribution in [3.05, 3.63) is 6.20 Å². The first-order chi connectivity index (χ1) is 8.72. The smallest absolute Gasteiger partial charge is 0.245 e.